The van der Waals surface area contributed by atoms with Crippen molar-refractivity contribution in [3.05, 3.63) is 77.9 Å². The van der Waals surface area contributed by atoms with Crippen molar-refractivity contribution >= 4 is 21.8 Å². The zero-order valence-electron chi connectivity index (χ0n) is 23.7. The number of sulfonamides is 1. The van der Waals surface area contributed by atoms with Gasteiger partial charge in [0.2, 0.25) is 21.8 Å². The molecule has 1 saturated heterocycles. The molecule has 1 atom stereocenters. The molecule has 3 aromatic rings. The van der Waals surface area contributed by atoms with E-state index in [9.17, 15) is 40.0 Å². The zero-order chi connectivity index (χ0) is 32.3. The fraction of sp³-hybridized carbons (Fsp3) is 0.393. The van der Waals surface area contributed by atoms with Crippen LogP contribution in [-0.2, 0) is 45.5 Å². The predicted octanol–water partition coefficient (Wildman–Crippen LogP) is 3.58. The standard InChI is InChI=1S/C28H30F5N5O5S/c1-3-27(29,30)20-6-4-19(5-7-20)15-34-26(40)24-17-37(25(39)14-21-16-36(2)18-35-21)12-13-38(24)44(41,42)23-10-8-22(9-11-23)43-28(31,32)33/h4-11,16,18,24H,3,12-15,17H2,1-2H3,(H,34,40)/t24-/m1/s1. The van der Waals surface area contributed by atoms with E-state index < -0.39 is 40.0 Å². The zero-order valence-corrected chi connectivity index (χ0v) is 24.5. The molecule has 1 N–H and O–H groups in total. The summed E-state index contributed by atoms with van der Waals surface area (Å²) in [6.45, 7) is 0.584. The minimum absolute atomic E-state index is 0.0585. The van der Waals surface area contributed by atoms with Crippen LogP contribution in [0.4, 0.5) is 22.0 Å². The SMILES string of the molecule is CCC(F)(F)c1ccc(CNC(=O)[C@H]2CN(C(=O)Cc3cn(C)cn3)CCN2S(=O)(=O)c2ccc(OC(F)(F)F)cc2)cc1. The molecule has 2 aromatic carbocycles. The van der Waals surface area contributed by atoms with Crippen molar-refractivity contribution in [3.8, 4) is 5.75 Å². The molecule has 2 heterocycles. The first-order chi connectivity index (χ1) is 20.6. The van der Waals surface area contributed by atoms with Crippen LogP contribution in [0.15, 0.2) is 66.0 Å². The summed E-state index contributed by atoms with van der Waals surface area (Å²) in [4.78, 5) is 31.6. The van der Waals surface area contributed by atoms with E-state index in [2.05, 4.69) is 15.0 Å². The van der Waals surface area contributed by atoms with E-state index in [1.807, 2.05) is 0 Å². The van der Waals surface area contributed by atoms with Gasteiger partial charge in [0.05, 0.1) is 23.3 Å². The van der Waals surface area contributed by atoms with Gasteiger partial charge >= 0.3 is 6.36 Å². The molecule has 0 spiro atoms. The summed E-state index contributed by atoms with van der Waals surface area (Å²) in [5.41, 5.74) is 0.766. The number of nitrogens with one attached hydrogen (secondary N) is 1. The Hall–Kier alpha value is -4.05. The highest BCUT2D eigenvalue weighted by Crippen LogP contribution is 2.31. The quantitative estimate of drug-likeness (QED) is 0.338. The maximum absolute atomic E-state index is 14.0. The molecule has 16 heteroatoms. The second-order valence-corrected chi connectivity index (χ2v) is 12.1. The maximum Gasteiger partial charge on any atom is 0.573 e. The fourth-order valence-electron chi connectivity index (χ4n) is 4.65. The Morgan fingerprint density at radius 3 is 2.25 bits per heavy atom. The number of piperazine rings is 1. The van der Waals surface area contributed by atoms with E-state index in [-0.39, 0.29) is 55.4 Å². The number of benzene rings is 2. The van der Waals surface area contributed by atoms with Gasteiger partial charge in [-0.15, -0.1) is 13.2 Å². The number of aromatic nitrogens is 2. The van der Waals surface area contributed by atoms with Gasteiger partial charge in [-0.25, -0.2) is 22.2 Å². The Balaban J connectivity index is 1.54. The third kappa shape index (κ3) is 7.91. The summed E-state index contributed by atoms with van der Waals surface area (Å²) < 4.78 is 99.2. The molecule has 2 amide bonds. The van der Waals surface area contributed by atoms with E-state index >= 15 is 0 Å². The molecule has 0 unspecified atom stereocenters. The second-order valence-electron chi connectivity index (χ2n) is 10.2. The number of halogens is 5. The predicted molar refractivity (Wildman–Crippen MR) is 147 cm³/mol. The second kappa shape index (κ2) is 12.9. The lowest BCUT2D eigenvalue weighted by atomic mass is 10.0. The summed E-state index contributed by atoms with van der Waals surface area (Å²) in [6.07, 6.45) is -2.28. The summed E-state index contributed by atoms with van der Waals surface area (Å²) in [5.74, 6) is -4.79. The van der Waals surface area contributed by atoms with Crippen LogP contribution < -0.4 is 10.1 Å². The van der Waals surface area contributed by atoms with Gasteiger partial charge in [-0.1, -0.05) is 31.2 Å². The number of alkyl halides is 5. The normalized spacial score (nSPS) is 16.5. The van der Waals surface area contributed by atoms with Crippen molar-refractivity contribution in [2.45, 2.75) is 49.5 Å². The number of hydrogen-bond donors (Lipinski definition) is 1. The first-order valence-electron chi connectivity index (χ1n) is 13.5. The van der Waals surface area contributed by atoms with Crippen LogP contribution in [-0.4, -0.2) is 71.0 Å². The first kappa shape index (κ1) is 32.9. The first-order valence-corrected chi connectivity index (χ1v) is 14.9. The van der Waals surface area contributed by atoms with Gasteiger partial charge in [0.25, 0.3) is 5.92 Å². The maximum atomic E-state index is 14.0. The molecule has 1 aliphatic rings. The van der Waals surface area contributed by atoms with Gasteiger partial charge in [-0.05, 0) is 29.8 Å². The number of aryl methyl sites for hydroxylation is 1. The van der Waals surface area contributed by atoms with E-state index in [0.29, 0.717) is 11.3 Å². The minimum Gasteiger partial charge on any atom is -0.406 e. The van der Waals surface area contributed by atoms with Gasteiger partial charge < -0.3 is 19.5 Å². The summed E-state index contributed by atoms with van der Waals surface area (Å²) in [5, 5.41) is 2.61. The molecule has 0 aliphatic carbocycles. The summed E-state index contributed by atoms with van der Waals surface area (Å²) >= 11 is 0. The number of amides is 2. The topological polar surface area (TPSA) is 114 Å². The van der Waals surface area contributed by atoms with E-state index in [1.54, 1.807) is 17.8 Å². The molecule has 238 valence electrons. The van der Waals surface area contributed by atoms with Crippen LogP contribution in [0.5, 0.6) is 5.75 Å². The Labute approximate surface area is 250 Å². The van der Waals surface area contributed by atoms with Crippen LogP contribution in [0.1, 0.15) is 30.2 Å². The molecule has 0 saturated carbocycles. The molecule has 10 nitrogen and oxygen atoms in total. The van der Waals surface area contributed by atoms with E-state index in [4.69, 9.17) is 0 Å². The number of rotatable bonds is 10. The highest BCUT2D eigenvalue weighted by molar-refractivity contribution is 7.89. The van der Waals surface area contributed by atoms with Crippen LogP contribution in [0.3, 0.4) is 0 Å². The van der Waals surface area contributed by atoms with Crippen LogP contribution in [0, 0.1) is 0 Å². The molecular weight excluding hydrogens is 613 g/mol. The fourth-order valence-corrected chi connectivity index (χ4v) is 6.22. The third-order valence-electron chi connectivity index (χ3n) is 7.03. The molecular formula is C28H30F5N5O5S. The third-order valence-corrected chi connectivity index (χ3v) is 8.95. The summed E-state index contributed by atoms with van der Waals surface area (Å²) in [7, 11) is -2.70. The largest absolute Gasteiger partial charge is 0.573 e. The van der Waals surface area contributed by atoms with Crippen molar-refractivity contribution in [1.29, 1.82) is 0 Å². The number of nitrogens with zero attached hydrogens (tertiary/aromatic N) is 4. The van der Waals surface area contributed by atoms with Crippen molar-refractivity contribution in [2.24, 2.45) is 7.05 Å². The van der Waals surface area contributed by atoms with E-state index in [1.165, 1.54) is 42.4 Å². The molecule has 1 aliphatic heterocycles. The monoisotopic (exact) mass is 643 g/mol. The molecule has 1 fully saturated rings. The highest BCUT2D eigenvalue weighted by atomic mass is 32.2. The van der Waals surface area contributed by atoms with Gasteiger partial charge in [-0.3, -0.25) is 9.59 Å². The van der Waals surface area contributed by atoms with Crippen LogP contribution >= 0.6 is 0 Å². The smallest absolute Gasteiger partial charge is 0.406 e. The Kier molecular flexibility index (Phi) is 9.63. The molecule has 0 bridgehead atoms. The lowest BCUT2D eigenvalue weighted by Gasteiger charge is -2.39. The molecule has 0 radical (unpaired) electrons. The lowest BCUT2D eigenvalue weighted by Crippen LogP contribution is -2.61. The molecule has 1 aromatic heterocycles. The number of carbonyl (C=O) groups excluding carboxylic acids is 2. The van der Waals surface area contributed by atoms with Crippen molar-refractivity contribution in [3.63, 3.8) is 0 Å². The Morgan fingerprint density at radius 2 is 1.68 bits per heavy atom. The molecule has 44 heavy (non-hydrogen) atoms. The number of hydrogen-bond acceptors (Lipinski definition) is 6. The van der Waals surface area contributed by atoms with Crippen LogP contribution in [0.2, 0.25) is 0 Å². The average molecular weight is 644 g/mol. The highest BCUT2D eigenvalue weighted by Gasteiger charge is 2.41. The van der Waals surface area contributed by atoms with E-state index in [0.717, 1.165) is 28.6 Å². The Bertz CT molecular complexity index is 1580. The number of imidazole rings is 1. The van der Waals surface area contributed by atoms with Gasteiger partial charge in [0.1, 0.15) is 11.8 Å². The van der Waals surface area contributed by atoms with Gasteiger partial charge in [-0.2, -0.15) is 4.31 Å². The number of ether oxygens (including phenoxy) is 1. The van der Waals surface area contributed by atoms with Crippen molar-refractivity contribution in [1.82, 2.24) is 24.1 Å². The number of carbonyl (C=O) groups is 2. The lowest BCUT2D eigenvalue weighted by molar-refractivity contribution is -0.274. The molecule has 4 rings (SSSR count). The summed E-state index contributed by atoms with van der Waals surface area (Å²) in [6, 6.07) is 7.45. The van der Waals surface area contributed by atoms with Gasteiger partial charge in [0.15, 0.2) is 0 Å². The van der Waals surface area contributed by atoms with Crippen LogP contribution in [0.25, 0.3) is 0 Å². The minimum atomic E-state index is -4.97. The average Bonchev–Trinajstić information content (AvgIpc) is 3.39. The van der Waals surface area contributed by atoms with Crippen molar-refractivity contribution in [2.75, 3.05) is 19.6 Å². The van der Waals surface area contributed by atoms with Gasteiger partial charge in [0, 0.05) is 51.4 Å². The Morgan fingerprint density at radius 1 is 1.02 bits per heavy atom. The van der Waals surface area contributed by atoms with Crippen molar-refractivity contribution < 1.29 is 44.7 Å².